The van der Waals surface area contributed by atoms with E-state index in [0.717, 1.165) is 6.42 Å². The molecule has 4 N–H and O–H groups in total. The highest BCUT2D eigenvalue weighted by atomic mass is 32.2. The fraction of sp³-hybridized carbons (Fsp3) is 0.692. The van der Waals surface area contributed by atoms with Gasteiger partial charge in [0.05, 0.1) is 5.69 Å². The maximum atomic E-state index is 12.2. The number of H-pyrrole nitrogens is 1. The molecular weight excluding hydrogens is 292 g/mol. The van der Waals surface area contributed by atoms with Crippen molar-refractivity contribution in [3.05, 3.63) is 11.4 Å². The number of primary sulfonamides is 1. The fourth-order valence-electron chi connectivity index (χ4n) is 2.42. The largest absolute Gasteiger partial charge is 0.350 e. The molecule has 1 aliphatic rings. The van der Waals surface area contributed by atoms with Crippen LogP contribution in [0.15, 0.2) is 4.90 Å². The molecule has 0 aliphatic heterocycles. The molecule has 0 spiro atoms. The number of aromatic amines is 1. The zero-order valence-electron chi connectivity index (χ0n) is 12.3. The molecule has 1 amide bonds. The van der Waals surface area contributed by atoms with Gasteiger partial charge in [-0.1, -0.05) is 20.3 Å². The Labute approximate surface area is 124 Å². The zero-order valence-corrected chi connectivity index (χ0v) is 13.2. The first kappa shape index (κ1) is 16.0. The molecule has 0 aromatic carbocycles. The van der Waals surface area contributed by atoms with Crippen molar-refractivity contribution < 1.29 is 13.2 Å². The molecule has 1 unspecified atom stereocenters. The minimum atomic E-state index is -3.99. The molecule has 1 atom stereocenters. The summed E-state index contributed by atoms with van der Waals surface area (Å²) in [6.45, 7) is 4.50. The van der Waals surface area contributed by atoms with Gasteiger partial charge in [0.25, 0.3) is 5.91 Å². The van der Waals surface area contributed by atoms with Gasteiger partial charge in [-0.3, -0.25) is 9.89 Å². The quantitative estimate of drug-likeness (QED) is 0.689. The van der Waals surface area contributed by atoms with Gasteiger partial charge in [-0.25, -0.2) is 13.6 Å². The van der Waals surface area contributed by atoms with E-state index in [1.54, 1.807) is 0 Å². The average Bonchev–Trinajstić information content (AvgIpc) is 3.15. The van der Waals surface area contributed by atoms with Gasteiger partial charge >= 0.3 is 0 Å². The third kappa shape index (κ3) is 3.82. The van der Waals surface area contributed by atoms with Crippen LogP contribution >= 0.6 is 0 Å². The lowest BCUT2D eigenvalue weighted by molar-refractivity contribution is 0.0938. The number of sulfonamides is 1. The predicted octanol–water partition coefficient (Wildman–Crippen LogP) is 0.786. The zero-order chi connectivity index (χ0) is 15.6. The van der Waals surface area contributed by atoms with Crippen molar-refractivity contribution in [3.63, 3.8) is 0 Å². The Morgan fingerprint density at radius 3 is 2.71 bits per heavy atom. The van der Waals surface area contributed by atoms with Gasteiger partial charge in [0.15, 0.2) is 5.69 Å². The highest BCUT2D eigenvalue weighted by molar-refractivity contribution is 7.89. The Balaban J connectivity index is 2.16. The summed E-state index contributed by atoms with van der Waals surface area (Å²) in [5.41, 5.74) is 0.254. The number of hydrogen-bond acceptors (Lipinski definition) is 4. The average molecular weight is 314 g/mol. The molecular formula is C13H22N4O3S. The van der Waals surface area contributed by atoms with E-state index in [1.165, 1.54) is 12.8 Å². The predicted molar refractivity (Wildman–Crippen MR) is 78.2 cm³/mol. The summed E-state index contributed by atoms with van der Waals surface area (Å²) in [6.07, 6.45) is 3.60. The van der Waals surface area contributed by atoms with Crippen LogP contribution in [-0.4, -0.2) is 31.1 Å². The van der Waals surface area contributed by atoms with Crippen LogP contribution in [0.3, 0.4) is 0 Å². The van der Waals surface area contributed by atoms with Gasteiger partial charge in [0.2, 0.25) is 10.0 Å². The topological polar surface area (TPSA) is 118 Å². The van der Waals surface area contributed by atoms with Crippen molar-refractivity contribution in [2.24, 2.45) is 17.0 Å². The monoisotopic (exact) mass is 314 g/mol. The van der Waals surface area contributed by atoms with Crippen LogP contribution in [0, 0.1) is 11.8 Å². The van der Waals surface area contributed by atoms with Crippen LogP contribution in [0.4, 0.5) is 0 Å². The van der Waals surface area contributed by atoms with E-state index in [2.05, 4.69) is 22.4 Å². The van der Waals surface area contributed by atoms with E-state index in [0.29, 0.717) is 30.5 Å². The van der Waals surface area contributed by atoms with E-state index in [9.17, 15) is 13.2 Å². The number of carbonyl (C=O) groups excluding carboxylic acids is 1. The van der Waals surface area contributed by atoms with Crippen molar-refractivity contribution in [1.82, 2.24) is 15.5 Å². The minimum Gasteiger partial charge on any atom is -0.350 e. The summed E-state index contributed by atoms with van der Waals surface area (Å²) < 4.78 is 23.4. The van der Waals surface area contributed by atoms with E-state index in [-0.39, 0.29) is 10.6 Å². The summed E-state index contributed by atoms with van der Waals surface area (Å²) in [6, 6.07) is 0. The number of aryl methyl sites for hydroxylation is 1. The van der Waals surface area contributed by atoms with Gasteiger partial charge in [0.1, 0.15) is 4.90 Å². The Hall–Kier alpha value is -1.41. The molecule has 2 rings (SSSR count). The second kappa shape index (κ2) is 6.15. The molecule has 21 heavy (non-hydrogen) atoms. The second-order valence-electron chi connectivity index (χ2n) is 5.70. The summed E-state index contributed by atoms with van der Waals surface area (Å²) in [5, 5.41) is 14.4. The molecule has 1 heterocycles. The van der Waals surface area contributed by atoms with Crippen molar-refractivity contribution in [2.45, 2.75) is 44.4 Å². The molecule has 1 saturated carbocycles. The number of nitrogens with zero attached hydrogens (tertiary/aromatic N) is 1. The number of aromatic nitrogens is 2. The number of amides is 1. The third-order valence-electron chi connectivity index (χ3n) is 3.80. The number of hydrogen-bond donors (Lipinski definition) is 3. The Morgan fingerprint density at radius 2 is 2.19 bits per heavy atom. The molecule has 0 bridgehead atoms. The smallest absolute Gasteiger partial charge is 0.273 e. The summed E-state index contributed by atoms with van der Waals surface area (Å²) in [7, 11) is -3.99. The van der Waals surface area contributed by atoms with E-state index in [1.807, 2.05) is 6.92 Å². The van der Waals surface area contributed by atoms with Gasteiger partial charge in [0, 0.05) is 6.54 Å². The number of rotatable bonds is 7. The van der Waals surface area contributed by atoms with Crippen LogP contribution in [-0.2, 0) is 16.4 Å². The van der Waals surface area contributed by atoms with Crippen LogP contribution in [0.5, 0.6) is 0 Å². The highest BCUT2D eigenvalue weighted by Crippen LogP contribution is 2.36. The van der Waals surface area contributed by atoms with Crippen molar-refractivity contribution in [2.75, 3.05) is 6.54 Å². The Bertz CT molecular complexity index is 619. The molecule has 1 fully saturated rings. The van der Waals surface area contributed by atoms with Crippen LogP contribution in [0.2, 0.25) is 0 Å². The first-order chi connectivity index (χ1) is 9.84. The SMILES string of the molecule is CCCc1[nH]nc(C(=O)NCC(C)C2CC2)c1S(N)(=O)=O. The van der Waals surface area contributed by atoms with Crippen molar-refractivity contribution in [3.8, 4) is 0 Å². The van der Waals surface area contributed by atoms with Crippen LogP contribution < -0.4 is 10.5 Å². The van der Waals surface area contributed by atoms with E-state index in [4.69, 9.17) is 5.14 Å². The molecule has 0 radical (unpaired) electrons. The minimum absolute atomic E-state index is 0.135. The highest BCUT2D eigenvalue weighted by Gasteiger charge is 2.30. The molecule has 7 nitrogen and oxygen atoms in total. The van der Waals surface area contributed by atoms with Crippen molar-refractivity contribution in [1.29, 1.82) is 0 Å². The molecule has 1 aromatic rings. The first-order valence-electron chi connectivity index (χ1n) is 7.22. The number of carbonyl (C=O) groups is 1. The summed E-state index contributed by atoms with van der Waals surface area (Å²) >= 11 is 0. The number of nitrogens with two attached hydrogens (primary N) is 1. The molecule has 118 valence electrons. The van der Waals surface area contributed by atoms with Crippen molar-refractivity contribution >= 4 is 15.9 Å². The maximum Gasteiger partial charge on any atom is 0.273 e. The fourth-order valence-corrected chi connectivity index (χ4v) is 3.32. The number of nitrogens with one attached hydrogen (secondary N) is 2. The van der Waals surface area contributed by atoms with Gasteiger partial charge < -0.3 is 5.32 Å². The Morgan fingerprint density at radius 1 is 1.52 bits per heavy atom. The van der Waals surface area contributed by atoms with Gasteiger partial charge in [-0.15, -0.1) is 0 Å². The van der Waals surface area contributed by atoms with E-state index < -0.39 is 15.9 Å². The van der Waals surface area contributed by atoms with Gasteiger partial charge in [-0.2, -0.15) is 5.10 Å². The van der Waals surface area contributed by atoms with Crippen LogP contribution in [0.25, 0.3) is 0 Å². The molecule has 1 aliphatic carbocycles. The Kier molecular flexibility index (Phi) is 4.67. The lowest BCUT2D eigenvalue weighted by Crippen LogP contribution is -2.31. The molecule has 0 saturated heterocycles. The maximum absolute atomic E-state index is 12.2. The van der Waals surface area contributed by atoms with Gasteiger partial charge in [-0.05, 0) is 31.1 Å². The summed E-state index contributed by atoms with van der Waals surface area (Å²) in [4.78, 5) is 12.0. The first-order valence-corrected chi connectivity index (χ1v) is 8.77. The van der Waals surface area contributed by atoms with E-state index >= 15 is 0 Å². The normalized spacial score (nSPS) is 16.7. The lowest BCUT2D eigenvalue weighted by Gasteiger charge is -2.11. The summed E-state index contributed by atoms with van der Waals surface area (Å²) in [5.74, 6) is 0.559. The standard InChI is InChI=1S/C13H22N4O3S/c1-3-4-10-12(21(14,19)20)11(17-16-10)13(18)15-7-8(2)9-5-6-9/h8-9H,3-7H2,1-2H3,(H,15,18)(H,16,17)(H2,14,19,20). The third-order valence-corrected chi connectivity index (χ3v) is 4.81. The second-order valence-corrected chi connectivity index (χ2v) is 7.20. The van der Waals surface area contributed by atoms with Crippen LogP contribution in [0.1, 0.15) is 49.3 Å². The molecule has 1 aromatic heterocycles. The lowest BCUT2D eigenvalue weighted by atomic mass is 10.1. The molecule has 8 heteroatoms.